The molecule has 1 saturated heterocycles. The number of furan rings is 1. The van der Waals surface area contributed by atoms with E-state index < -0.39 is 0 Å². The number of aryl methyl sites for hydroxylation is 3. The summed E-state index contributed by atoms with van der Waals surface area (Å²) in [5.41, 5.74) is 3.52. The van der Waals surface area contributed by atoms with Gasteiger partial charge in [-0.05, 0) is 57.9 Å². The summed E-state index contributed by atoms with van der Waals surface area (Å²) in [6.45, 7) is 6.96. The Hall–Kier alpha value is -3.35. The van der Waals surface area contributed by atoms with Gasteiger partial charge in [0.1, 0.15) is 23.4 Å². The SMILES string of the molecule is Cc1ccc2c(c1)C(=O)C[C@H]([C@@H]1CCCN(C(=O)c3ccc(Cc4c(C)noc4C)o3)C1)O2. The molecule has 3 aromatic rings. The number of fused-ring (bicyclic) bond motifs is 1. The molecule has 0 bridgehead atoms. The number of rotatable bonds is 4. The lowest BCUT2D eigenvalue weighted by Gasteiger charge is -2.38. The Kier molecular flexibility index (Phi) is 5.56. The van der Waals surface area contributed by atoms with Crippen LogP contribution in [0.1, 0.15) is 68.5 Å². The number of Topliss-reactive ketones (excluding diaryl/α,β-unsaturated/α-hetero) is 1. The highest BCUT2D eigenvalue weighted by Crippen LogP contribution is 2.34. The Morgan fingerprint density at radius 3 is 2.82 bits per heavy atom. The quantitative estimate of drug-likeness (QED) is 0.577. The molecule has 1 fully saturated rings. The first kappa shape index (κ1) is 21.5. The Labute approximate surface area is 192 Å². The predicted molar refractivity (Wildman–Crippen MR) is 121 cm³/mol. The van der Waals surface area contributed by atoms with E-state index in [1.807, 2.05) is 49.9 Å². The van der Waals surface area contributed by atoms with Crippen molar-refractivity contribution < 1.29 is 23.3 Å². The number of likely N-dealkylation sites (tertiary alicyclic amines) is 1. The molecule has 0 unspecified atom stereocenters. The normalized spacial score (nSPS) is 20.5. The minimum absolute atomic E-state index is 0.109. The van der Waals surface area contributed by atoms with Crippen LogP contribution in [0.2, 0.25) is 0 Å². The van der Waals surface area contributed by atoms with Crippen LogP contribution in [0.3, 0.4) is 0 Å². The zero-order chi connectivity index (χ0) is 23.1. The van der Waals surface area contributed by atoms with Gasteiger partial charge in [0, 0.05) is 37.4 Å². The maximum Gasteiger partial charge on any atom is 0.289 e. The third-order valence-corrected chi connectivity index (χ3v) is 6.78. The van der Waals surface area contributed by atoms with E-state index in [9.17, 15) is 9.59 Å². The van der Waals surface area contributed by atoms with Gasteiger partial charge in [-0.3, -0.25) is 9.59 Å². The minimum atomic E-state index is -0.213. The summed E-state index contributed by atoms with van der Waals surface area (Å²) in [7, 11) is 0. The van der Waals surface area contributed by atoms with Gasteiger partial charge in [-0.25, -0.2) is 0 Å². The van der Waals surface area contributed by atoms with Crippen molar-refractivity contribution in [2.75, 3.05) is 13.1 Å². The van der Waals surface area contributed by atoms with Crippen LogP contribution in [0.25, 0.3) is 0 Å². The predicted octanol–water partition coefficient (Wildman–Crippen LogP) is 4.67. The number of ether oxygens (including phenoxy) is 1. The Morgan fingerprint density at radius 2 is 2.03 bits per heavy atom. The highest BCUT2D eigenvalue weighted by molar-refractivity contribution is 6.00. The highest BCUT2D eigenvalue weighted by atomic mass is 16.5. The van der Waals surface area contributed by atoms with Gasteiger partial charge in [0.2, 0.25) is 0 Å². The fourth-order valence-electron chi connectivity index (χ4n) is 4.89. The Bertz CT molecular complexity index is 1190. The number of piperidine rings is 1. The molecule has 2 aromatic heterocycles. The zero-order valence-electron chi connectivity index (χ0n) is 19.2. The monoisotopic (exact) mass is 448 g/mol. The molecule has 0 saturated carbocycles. The zero-order valence-corrected chi connectivity index (χ0v) is 19.2. The van der Waals surface area contributed by atoms with Gasteiger partial charge in [0.25, 0.3) is 5.91 Å². The summed E-state index contributed by atoms with van der Waals surface area (Å²) in [5.74, 6) is 2.55. The van der Waals surface area contributed by atoms with E-state index in [1.165, 1.54) is 0 Å². The molecule has 1 amide bonds. The molecule has 7 nitrogen and oxygen atoms in total. The van der Waals surface area contributed by atoms with Crippen molar-refractivity contribution in [1.82, 2.24) is 10.1 Å². The van der Waals surface area contributed by atoms with Crippen LogP contribution >= 0.6 is 0 Å². The molecule has 2 aliphatic heterocycles. The van der Waals surface area contributed by atoms with E-state index in [2.05, 4.69) is 5.16 Å². The van der Waals surface area contributed by atoms with Crippen LogP contribution in [-0.4, -0.2) is 40.9 Å². The van der Waals surface area contributed by atoms with Gasteiger partial charge in [0.15, 0.2) is 11.5 Å². The number of hydrogen-bond acceptors (Lipinski definition) is 6. The van der Waals surface area contributed by atoms with Gasteiger partial charge < -0.3 is 18.6 Å². The van der Waals surface area contributed by atoms with E-state index >= 15 is 0 Å². The lowest BCUT2D eigenvalue weighted by Crippen LogP contribution is -2.46. The van der Waals surface area contributed by atoms with Crippen molar-refractivity contribution in [3.05, 3.63) is 70.0 Å². The van der Waals surface area contributed by atoms with Gasteiger partial charge in [-0.2, -0.15) is 0 Å². The first-order valence-electron chi connectivity index (χ1n) is 11.5. The van der Waals surface area contributed by atoms with Crippen molar-refractivity contribution in [2.45, 2.75) is 52.6 Å². The molecule has 1 aromatic carbocycles. The number of amides is 1. The average Bonchev–Trinajstić information content (AvgIpc) is 3.41. The number of carbonyl (C=O) groups excluding carboxylic acids is 2. The third kappa shape index (κ3) is 4.19. The number of hydrogen-bond donors (Lipinski definition) is 0. The number of carbonyl (C=O) groups is 2. The molecule has 33 heavy (non-hydrogen) atoms. The van der Waals surface area contributed by atoms with Crippen molar-refractivity contribution in [2.24, 2.45) is 5.92 Å². The fourth-order valence-corrected chi connectivity index (χ4v) is 4.89. The van der Waals surface area contributed by atoms with Crippen LogP contribution in [0, 0.1) is 26.7 Å². The van der Waals surface area contributed by atoms with Crippen molar-refractivity contribution in [3.63, 3.8) is 0 Å². The lowest BCUT2D eigenvalue weighted by atomic mass is 9.86. The molecule has 5 rings (SSSR count). The van der Waals surface area contributed by atoms with Gasteiger partial charge in [-0.1, -0.05) is 16.8 Å². The van der Waals surface area contributed by atoms with E-state index in [4.69, 9.17) is 13.7 Å². The summed E-state index contributed by atoms with van der Waals surface area (Å²) in [4.78, 5) is 27.7. The molecule has 7 heteroatoms. The number of benzene rings is 1. The molecule has 0 spiro atoms. The largest absolute Gasteiger partial charge is 0.489 e. The molecule has 2 aliphatic rings. The maximum absolute atomic E-state index is 13.2. The lowest BCUT2D eigenvalue weighted by molar-refractivity contribution is 0.0391. The Balaban J connectivity index is 1.27. The van der Waals surface area contributed by atoms with Crippen molar-refractivity contribution in [1.29, 1.82) is 0 Å². The highest BCUT2D eigenvalue weighted by Gasteiger charge is 2.36. The van der Waals surface area contributed by atoms with Crippen molar-refractivity contribution >= 4 is 11.7 Å². The van der Waals surface area contributed by atoms with E-state index in [0.717, 1.165) is 35.4 Å². The second-order valence-corrected chi connectivity index (χ2v) is 9.18. The smallest absolute Gasteiger partial charge is 0.289 e. The van der Waals surface area contributed by atoms with E-state index in [-0.39, 0.29) is 23.7 Å². The molecule has 172 valence electrons. The van der Waals surface area contributed by atoms with Crippen LogP contribution in [0.4, 0.5) is 0 Å². The Morgan fingerprint density at radius 1 is 1.18 bits per heavy atom. The number of aromatic nitrogens is 1. The first-order valence-corrected chi connectivity index (χ1v) is 11.5. The molecule has 0 N–H and O–H groups in total. The third-order valence-electron chi connectivity index (χ3n) is 6.78. The summed E-state index contributed by atoms with van der Waals surface area (Å²) < 4.78 is 17.3. The summed E-state index contributed by atoms with van der Waals surface area (Å²) >= 11 is 0. The molecule has 4 heterocycles. The molecule has 2 atom stereocenters. The number of ketones is 1. The second-order valence-electron chi connectivity index (χ2n) is 9.18. The van der Waals surface area contributed by atoms with E-state index in [0.29, 0.717) is 48.8 Å². The fraction of sp³-hybridized carbons (Fsp3) is 0.423. The molecule has 0 radical (unpaired) electrons. The minimum Gasteiger partial charge on any atom is -0.489 e. The topological polar surface area (TPSA) is 85.8 Å². The summed E-state index contributed by atoms with van der Waals surface area (Å²) in [5, 5.41) is 3.98. The van der Waals surface area contributed by atoms with Crippen molar-refractivity contribution in [3.8, 4) is 5.75 Å². The molecule has 0 aliphatic carbocycles. The maximum atomic E-state index is 13.2. The first-order chi connectivity index (χ1) is 15.9. The van der Waals surface area contributed by atoms with Gasteiger partial charge in [0.05, 0.1) is 11.3 Å². The van der Waals surface area contributed by atoms with Crippen LogP contribution < -0.4 is 4.74 Å². The molecular formula is C26H28N2O5. The number of nitrogens with zero attached hydrogens (tertiary/aromatic N) is 2. The summed E-state index contributed by atoms with van der Waals surface area (Å²) in [6, 6.07) is 9.30. The standard InChI is InChI=1S/C26H28N2O5/c1-15-6-8-23-21(11-15)22(29)13-25(32-23)18-5-4-10-28(14-18)26(30)24-9-7-19(31-24)12-20-16(2)27-33-17(20)3/h6-9,11,18,25H,4-5,10,12-14H2,1-3H3/t18-,25-/m1/s1. The second kappa shape index (κ2) is 8.54. The van der Waals surface area contributed by atoms with Gasteiger partial charge >= 0.3 is 0 Å². The van der Waals surface area contributed by atoms with Crippen LogP contribution in [0.15, 0.2) is 39.3 Å². The average molecular weight is 449 g/mol. The van der Waals surface area contributed by atoms with E-state index in [1.54, 1.807) is 6.07 Å². The van der Waals surface area contributed by atoms with Crippen LogP contribution in [-0.2, 0) is 6.42 Å². The summed E-state index contributed by atoms with van der Waals surface area (Å²) in [6.07, 6.45) is 2.48. The molecular weight excluding hydrogens is 420 g/mol. The van der Waals surface area contributed by atoms with Gasteiger partial charge in [-0.15, -0.1) is 0 Å². The van der Waals surface area contributed by atoms with Crippen LogP contribution in [0.5, 0.6) is 5.75 Å².